The van der Waals surface area contributed by atoms with Crippen LogP contribution in [0.3, 0.4) is 0 Å². The van der Waals surface area contributed by atoms with E-state index in [1.165, 1.54) is 0 Å². The maximum absolute atomic E-state index is 12.6. The second kappa shape index (κ2) is 7.31. The van der Waals surface area contributed by atoms with Crippen LogP contribution in [0.2, 0.25) is 0 Å². The van der Waals surface area contributed by atoms with Crippen molar-refractivity contribution in [2.75, 3.05) is 0 Å². The molecule has 0 saturated heterocycles. The molecule has 1 unspecified atom stereocenters. The van der Waals surface area contributed by atoms with Gasteiger partial charge < -0.3 is 0 Å². The fraction of sp³-hybridized carbons (Fsp3) is 1.00. The van der Waals surface area contributed by atoms with Crippen molar-refractivity contribution in [1.82, 2.24) is 4.31 Å². The van der Waals surface area contributed by atoms with Crippen LogP contribution in [0.15, 0.2) is 0 Å². The Bertz CT molecular complexity index is 342. The molecule has 0 spiro atoms. The fourth-order valence-corrected chi connectivity index (χ4v) is 6.18. The summed E-state index contributed by atoms with van der Waals surface area (Å²) in [7, 11) is 0. The van der Waals surface area contributed by atoms with Gasteiger partial charge in [-0.3, -0.25) is 4.55 Å². The molecule has 1 N–H and O–H groups in total. The summed E-state index contributed by atoms with van der Waals surface area (Å²) < 4.78 is 24.8. The lowest BCUT2D eigenvalue weighted by Crippen LogP contribution is -2.69. The van der Waals surface area contributed by atoms with Crippen molar-refractivity contribution in [3.63, 3.8) is 0 Å². The molecule has 0 aliphatic carbocycles. The quantitative estimate of drug-likeness (QED) is 0.613. The minimum Gasteiger partial charge on any atom is -0.294 e. The number of hydrogen-bond acceptors (Lipinski definition) is 1. The molecule has 3 nitrogen and oxygen atoms in total. The molecule has 0 fully saturated rings. The van der Waals surface area contributed by atoms with Crippen LogP contribution < -0.4 is 0 Å². The van der Waals surface area contributed by atoms with Gasteiger partial charge in [-0.05, 0) is 36.5 Å². The molecule has 0 aromatic rings. The van der Waals surface area contributed by atoms with E-state index in [0.29, 0.717) is 0 Å². The molecule has 1 atom stereocenters. The normalized spacial score (nSPS) is 16.2. The Hall–Kier alpha value is 0.0700. The summed E-state index contributed by atoms with van der Waals surface area (Å²) in [6.45, 7) is 21.7. The SMILES string of the molecule is CCC(CC)(N(S(=O)O)C(CC)(CC)C(C)(C)C)C(C)(C)C. The predicted molar refractivity (Wildman–Crippen MR) is 98.1 cm³/mol. The average molecular weight is 334 g/mol. The van der Waals surface area contributed by atoms with Gasteiger partial charge in [-0.15, -0.1) is 0 Å². The summed E-state index contributed by atoms with van der Waals surface area (Å²) >= 11 is -2.00. The standard InChI is InChI=1S/C18H39NO2S/c1-11-17(12-2,15(5,6)7)19(22(20)21)18(13-3,14-4)16(8,9)10/h11-14H2,1-10H3,(H,20,21). The zero-order valence-corrected chi connectivity index (χ0v) is 17.4. The Morgan fingerprint density at radius 3 is 1.05 bits per heavy atom. The van der Waals surface area contributed by atoms with Crippen molar-refractivity contribution in [3.8, 4) is 0 Å². The summed E-state index contributed by atoms with van der Waals surface area (Å²) in [5.74, 6) is 0. The van der Waals surface area contributed by atoms with E-state index in [0.717, 1.165) is 25.7 Å². The van der Waals surface area contributed by atoms with Crippen molar-refractivity contribution in [3.05, 3.63) is 0 Å². The highest BCUT2D eigenvalue weighted by Gasteiger charge is 2.57. The highest BCUT2D eigenvalue weighted by Crippen LogP contribution is 2.52. The highest BCUT2D eigenvalue weighted by atomic mass is 32.2. The molecule has 4 heteroatoms. The van der Waals surface area contributed by atoms with Crippen molar-refractivity contribution >= 4 is 11.3 Å². The largest absolute Gasteiger partial charge is 0.294 e. The van der Waals surface area contributed by atoms with Crippen LogP contribution in [0.1, 0.15) is 94.9 Å². The maximum Gasteiger partial charge on any atom is 0.235 e. The van der Waals surface area contributed by atoms with Gasteiger partial charge in [0.1, 0.15) is 0 Å². The van der Waals surface area contributed by atoms with Crippen LogP contribution in [0.4, 0.5) is 0 Å². The molecule has 0 rings (SSSR count). The molecular weight excluding hydrogens is 294 g/mol. The van der Waals surface area contributed by atoms with Crippen LogP contribution in [-0.4, -0.2) is 24.1 Å². The van der Waals surface area contributed by atoms with Crippen molar-refractivity contribution in [2.45, 2.75) is 106 Å². The summed E-state index contributed by atoms with van der Waals surface area (Å²) in [4.78, 5) is 0. The lowest BCUT2D eigenvalue weighted by Gasteiger charge is -2.60. The lowest BCUT2D eigenvalue weighted by molar-refractivity contribution is -0.0737. The first kappa shape index (κ1) is 22.1. The number of rotatable bonds is 7. The third-order valence-corrected chi connectivity index (χ3v) is 7.08. The van der Waals surface area contributed by atoms with Gasteiger partial charge in [0, 0.05) is 11.1 Å². The molecule has 0 aromatic carbocycles. The van der Waals surface area contributed by atoms with Crippen LogP contribution in [0.25, 0.3) is 0 Å². The summed E-state index contributed by atoms with van der Waals surface area (Å²) in [6.07, 6.45) is 3.43. The molecule has 0 heterocycles. The molecule has 0 radical (unpaired) electrons. The zero-order chi connectivity index (χ0) is 18.0. The third kappa shape index (κ3) is 3.44. The molecule has 0 aliphatic rings. The monoisotopic (exact) mass is 333 g/mol. The predicted octanol–water partition coefficient (Wildman–Crippen LogP) is 5.63. The molecular formula is C18H39NO2S. The van der Waals surface area contributed by atoms with E-state index in [1.54, 1.807) is 0 Å². The molecule has 0 aromatic heterocycles. The van der Waals surface area contributed by atoms with Gasteiger partial charge in [0.05, 0.1) is 0 Å². The fourth-order valence-electron chi connectivity index (χ4n) is 4.51. The highest BCUT2D eigenvalue weighted by molar-refractivity contribution is 7.76. The Labute approximate surface area is 141 Å². The Balaban J connectivity index is 6.60. The summed E-state index contributed by atoms with van der Waals surface area (Å²) in [5.41, 5.74) is -0.802. The maximum atomic E-state index is 12.6. The van der Waals surface area contributed by atoms with Crippen LogP contribution in [0, 0.1) is 10.8 Å². The topological polar surface area (TPSA) is 40.5 Å². The molecule has 22 heavy (non-hydrogen) atoms. The van der Waals surface area contributed by atoms with E-state index >= 15 is 0 Å². The van der Waals surface area contributed by atoms with Gasteiger partial charge in [0.2, 0.25) is 11.3 Å². The molecule has 0 aliphatic heterocycles. The van der Waals surface area contributed by atoms with Crippen LogP contribution >= 0.6 is 0 Å². The smallest absolute Gasteiger partial charge is 0.235 e. The van der Waals surface area contributed by atoms with Crippen LogP contribution in [0.5, 0.6) is 0 Å². The molecule has 0 amide bonds. The van der Waals surface area contributed by atoms with E-state index in [2.05, 4.69) is 69.2 Å². The first-order chi connectivity index (χ1) is 9.81. The average Bonchev–Trinajstić information content (AvgIpc) is 2.36. The number of hydrogen-bond donors (Lipinski definition) is 1. The van der Waals surface area contributed by atoms with Crippen molar-refractivity contribution in [2.24, 2.45) is 10.8 Å². The first-order valence-corrected chi connectivity index (χ1v) is 9.79. The van der Waals surface area contributed by atoms with Crippen molar-refractivity contribution in [1.29, 1.82) is 0 Å². The van der Waals surface area contributed by atoms with Crippen LogP contribution in [-0.2, 0) is 11.3 Å². The minimum atomic E-state index is -2.00. The Morgan fingerprint density at radius 1 is 0.727 bits per heavy atom. The second-order valence-corrected chi connectivity index (χ2v) is 9.33. The lowest BCUT2D eigenvalue weighted by atomic mass is 9.63. The zero-order valence-electron chi connectivity index (χ0n) is 16.5. The van der Waals surface area contributed by atoms with E-state index < -0.39 is 11.3 Å². The van der Waals surface area contributed by atoms with E-state index in [4.69, 9.17) is 0 Å². The summed E-state index contributed by atoms with van der Waals surface area (Å²) in [5, 5.41) is 0. The van der Waals surface area contributed by atoms with Gasteiger partial charge in [-0.1, -0.05) is 69.2 Å². The van der Waals surface area contributed by atoms with E-state index in [-0.39, 0.29) is 21.9 Å². The van der Waals surface area contributed by atoms with Gasteiger partial charge >= 0.3 is 0 Å². The molecule has 0 bridgehead atoms. The van der Waals surface area contributed by atoms with Gasteiger partial charge in [-0.25, -0.2) is 4.21 Å². The van der Waals surface area contributed by atoms with Crippen molar-refractivity contribution < 1.29 is 8.76 Å². The van der Waals surface area contributed by atoms with E-state index in [1.807, 2.05) is 4.31 Å². The summed E-state index contributed by atoms with van der Waals surface area (Å²) in [6, 6.07) is 0. The Morgan fingerprint density at radius 2 is 0.955 bits per heavy atom. The van der Waals surface area contributed by atoms with E-state index in [9.17, 15) is 8.76 Å². The minimum absolute atomic E-state index is 0.0876. The van der Waals surface area contributed by atoms with Gasteiger partial charge in [0.25, 0.3) is 0 Å². The molecule has 0 saturated carbocycles. The Kier molecular flexibility index (Phi) is 7.33. The first-order valence-electron chi connectivity index (χ1n) is 8.72. The van der Waals surface area contributed by atoms with Gasteiger partial charge in [-0.2, -0.15) is 4.31 Å². The number of nitrogens with zero attached hydrogens (tertiary/aromatic N) is 1. The molecule has 134 valence electrons. The second-order valence-electron chi connectivity index (χ2n) is 8.50. The van der Waals surface area contributed by atoms with Gasteiger partial charge in [0.15, 0.2) is 0 Å². The third-order valence-electron chi connectivity index (χ3n) is 6.07.